The molecule has 2 aromatic carbocycles. The first-order valence-corrected chi connectivity index (χ1v) is 10.7. The molecule has 152 valence electrons. The van der Waals surface area contributed by atoms with Gasteiger partial charge in [0.15, 0.2) is 6.10 Å². The van der Waals surface area contributed by atoms with Crippen molar-refractivity contribution in [1.29, 1.82) is 0 Å². The van der Waals surface area contributed by atoms with E-state index in [1.165, 1.54) is 0 Å². The van der Waals surface area contributed by atoms with Crippen LogP contribution in [0.3, 0.4) is 0 Å². The summed E-state index contributed by atoms with van der Waals surface area (Å²) in [6, 6.07) is 15.6. The molecule has 0 aromatic heterocycles. The predicted molar refractivity (Wildman–Crippen MR) is 116 cm³/mol. The number of para-hydroxylation sites is 3. The first-order valence-electron chi connectivity index (χ1n) is 9.85. The molecule has 2 aromatic rings. The smallest absolute Gasteiger partial charge is 0.262 e. The number of anilines is 2. The number of amides is 2. The second-order valence-corrected chi connectivity index (χ2v) is 8.78. The number of hydrogen-bond acceptors (Lipinski definition) is 5. The maximum absolute atomic E-state index is 13.4. The van der Waals surface area contributed by atoms with Crippen molar-refractivity contribution in [3.63, 3.8) is 0 Å². The van der Waals surface area contributed by atoms with Crippen molar-refractivity contribution < 1.29 is 14.3 Å². The van der Waals surface area contributed by atoms with E-state index >= 15 is 0 Å². The Hall–Kier alpha value is -2.67. The van der Waals surface area contributed by atoms with Crippen LogP contribution in [-0.4, -0.2) is 49.9 Å². The topological polar surface area (TPSA) is 61.9 Å². The highest BCUT2D eigenvalue weighted by Gasteiger charge is 2.33. The van der Waals surface area contributed by atoms with Crippen molar-refractivity contribution in [3.8, 4) is 5.75 Å². The van der Waals surface area contributed by atoms with Crippen molar-refractivity contribution in [2.45, 2.75) is 29.6 Å². The third-order valence-corrected chi connectivity index (χ3v) is 6.51. The Bertz CT molecular complexity index is 920. The van der Waals surface area contributed by atoms with Crippen LogP contribution >= 0.6 is 11.8 Å². The molecule has 0 fully saturated rings. The number of carbonyl (C=O) groups excluding carboxylic acids is 2. The second kappa shape index (κ2) is 8.37. The molecular formula is C22H25N3O3S. The molecule has 2 amide bonds. The van der Waals surface area contributed by atoms with Crippen molar-refractivity contribution in [2.24, 2.45) is 0 Å². The standard InChI is InChI=1S/C22H25N3O3S/c1-15-11-12-25(17-8-4-6-10-20(17)29-15)21(26)14-24-13-19(22(27)23-2)28-18-9-5-3-7-16(18)24/h3-10,15,19H,11-14H2,1-2H3,(H,23,27)/t15-,19-/m1/s1. The van der Waals surface area contributed by atoms with Crippen molar-refractivity contribution in [2.75, 3.05) is 36.5 Å². The number of thioether (sulfide) groups is 1. The number of benzene rings is 2. The van der Waals surface area contributed by atoms with Crippen molar-refractivity contribution in [1.82, 2.24) is 5.32 Å². The second-order valence-electron chi connectivity index (χ2n) is 7.30. The molecule has 0 unspecified atom stereocenters. The number of likely N-dealkylation sites (N-methyl/N-ethyl adjacent to an activating group) is 1. The zero-order chi connectivity index (χ0) is 20.4. The number of ether oxygens (including phenoxy) is 1. The SMILES string of the molecule is CNC(=O)[C@H]1CN(CC(=O)N2CC[C@@H](C)Sc3ccccc32)c2ccccc2O1. The van der Waals surface area contributed by atoms with Gasteiger partial charge in [-0.2, -0.15) is 0 Å². The molecule has 0 spiro atoms. The quantitative estimate of drug-likeness (QED) is 0.842. The number of nitrogens with zero attached hydrogens (tertiary/aromatic N) is 2. The average Bonchev–Trinajstić information content (AvgIpc) is 2.91. The molecule has 29 heavy (non-hydrogen) atoms. The molecule has 0 saturated carbocycles. The summed E-state index contributed by atoms with van der Waals surface area (Å²) < 4.78 is 5.85. The summed E-state index contributed by atoms with van der Waals surface area (Å²) in [5, 5.41) is 3.09. The molecule has 2 atom stereocenters. The van der Waals surface area contributed by atoms with Gasteiger partial charge in [0.05, 0.1) is 24.5 Å². The zero-order valence-electron chi connectivity index (χ0n) is 16.6. The summed E-state index contributed by atoms with van der Waals surface area (Å²) in [6.07, 6.45) is 0.292. The van der Waals surface area contributed by atoms with Gasteiger partial charge in [0.25, 0.3) is 5.91 Å². The summed E-state index contributed by atoms with van der Waals surface area (Å²) in [6.45, 7) is 3.42. The Kier molecular flexibility index (Phi) is 5.67. The van der Waals surface area contributed by atoms with E-state index in [1.54, 1.807) is 7.05 Å². The lowest BCUT2D eigenvalue weighted by Crippen LogP contribution is -2.51. The molecule has 7 heteroatoms. The Morgan fingerprint density at radius 2 is 1.86 bits per heavy atom. The first-order chi connectivity index (χ1) is 14.1. The van der Waals surface area contributed by atoms with E-state index in [0.717, 1.165) is 22.7 Å². The van der Waals surface area contributed by atoms with Crippen LogP contribution in [0.1, 0.15) is 13.3 Å². The van der Waals surface area contributed by atoms with E-state index in [4.69, 9.17) is 4.74 Å². The molecule has 2 aliphatic heterocycles. The Morgan fingerprint density at radius 1 is 1.14 bits per heavy atom. The van der Waals surface area contributed by atoms with E-state index in [-0.39, 0.29) is 18.4 Å². The highest BCUT2D eigenvalue weighted by atomic mass is 32.2. The highest BCUT2D eigenvalue weighted by molar-refractivity contribution is 8.00. The molecule has 2 heterocycles. The monoisotopic (exact) mass is 411 g/mol. The van der Waals surface area contributed by atoms with Gasteiger partial charge in [0.1, 0.15) is 5.75 Å². The van der Waals surface area contributed by atoms with Gasteiger partial charge in [-0.05, 0) is 30.7 Å². The van der Waals surface area contributed by atoms with Gasteiger partial charge in [-0.1, -0.05) is 31.2 Å². The van der Waals surface area contributed by atoms with Crippen molar-refractivity contribution in [3.05, 3.63) is 48.5 Å². The van der Waals surface area contributed by atoms with Gasteiger partial charge < -0.3 is 19.9 Å². The minimum absolute atomic E-state index is 0.0273. The Morgan fingerprint density at radius 3 is 2.66 bits per heavy atom. The lowest BCUT2D eigenvalue weighted by Gasteiger charge is -2.36. The van der Waals surface area contributed by atoms with E-state index in [2.05, 4.69) is 18.3 Å². The predicted octanol–water partition coefficient (Wildman–Crippen LogP) is 2.92. The Balaban J connectivity index is 1.60. The zero-order valence-corrected chi connectivity index (χ0v) is 17.4. The number of hydrogen-bond donors (Lipinski definition) is 1. The van der Waals surface area contributed by atoms with E-state index in [9.17, 15) is 9.59 Å². The number of rotatable bonds is 3. The fourth-order valence-corrected chi connectivity index (χ4v) is 4.86. The molecule has 0 bridgehead atoms. The molecular weight excluding hydrogens is 386 g/mol. The first kappa shape index (κ1) is 19.6. The lowest BCUT2D eigenvalue weighted by molar-refractivity contribution is -0.127. The normalized spacial score (nSPS) is 20.8. The summed E-state index contributed by atoms with van der Waals surface area (Å²) >= 11 is 1.82. The van der Waals surface area contributed by atoms with Crippen LogP contribution < -0.4 is 19.9 Å². The summed E-state index contributed by atoms with van der Waals surface area (Å²) in [5.74, 6) is 0.461. The van der Waals surface area contributed by atoms with E-state index in [0.29, 0.717) is 24.1 Å². The van der Waals surface area contributed by atoms with Crippen LogP contribution in [0.4, 0.5) is 11.4 Å². The third kappa shape index (κ3) is 4.05. The van der Waals surface area contributed by atoms with Crippen LogP contribution in [-0.2, 0) is 9.59 Å². The molecule has 4 rings (SSSR count). The van der Waals surface area contributed by atoms with Crippen LogP contribution in [0, 0.1) is 0 Å². The maximum Gasteiger partial charge on any atom is 0.262 e. The van der Waals surface area contributed by atoms with Gasteiger partial charge in [0, 0.05) is 23.7 Å². The fraction of sp³-hybridized carbons (Fsp3) is 0.364. The van der Waals surface area contributed by atoms with Crippen LogP contribution in [0.15, 0.2) is 53.4 Å². The average molecular weight is 412 g/mol. The van der Waals surface area contributed by atoms with Gasteiger partial charge >= 0.3 is 0 Å². The lowest BCUT2D eigenvalue weighted by atomic mass is 10.1. The van der Waals surface area contributed by atoms with Gasteiger partial charge in [0.2, 0.25) is 5.91 Å². The van der Waals surface area contributed by atoms with Gasteiger partial charge in [-0.15, -0.1) is 11.8 Å². The number of fused-ring (bicyclic) bond motifs is 2. The fourth-order valence-electron chi connectivity index (χ4n) is 3.75. The summed E-state index contributed by atoms with van der Waals surface area (Å²) in [4.78, 5) is 30.5. The molecule has 0 radical (unpaired) electrons. The minimum atomic E-state index is -0.644. The summed E-state index contributed by atoms with van der Waals surface area (Å²) in [7, 11) is 1.59. The Labute approximate surface area is 175 Å². The molecule has 6 nitrogen and oxygen atoms in total. The van der Waals surface area contributed by atoms with Crippen LogP contribution in [0.25, 0.3) is 0 Å². The third-order valence-electron chi connectivity index (χ3n) is 5.27. The van der Waals surface area contributed by atoms with Gasteiger partial charge in [-0.25, -0.2) is 0 Å². The van der Waals surface area contributed by atoms with Crippen molar-refractivity contribution >= 4 is 35.0 Å². The minimum Gasteiger partial charge on any atom is -0.477 e. The van der Waals surface area contributed by atoms with Gasteiger partial charge in [-0.3, -0.25) is 9.59 Å². The number of nitrogens with one attached hydrogen (secondary N) is 1. The van der Waals surface area contributed by atoms with Crippen LogP contribution in [0.5, 0.6) is 5.75 Å². The summed E-state index contributed by atoms with van der Waals surface area (Å²) in [5.41, 5.74) is 1.81. The molecule has 2 aliphatic rings. The van der Waals surface area contributed by atoms with E-state index in [1.807, 2.05) is 64.0 Å². The molecule has 0 saturated heterocycles. The number of carbonyl (C=O) groups is 2. The van der Waals surface area contributed by atoms with E-state index < -0.39 is 6.10 Å². The molecule has 0 aliphatic carbocycles. The highest BCUT2D eigenvalue weighted by Crippen LogP contribution is 2.38. The largest absolute Gasteiger partial charge is 0.477 e. The molecule has 1 N–H and O–H groups in total. The maximum atomic E-state index is 13.4. The van der Waals surface area contributed by atoms with Crippen LogP contribution in [0.2, 0.25) is 0 Å².